The molecule has 0 amide bonds. The first-order valence-electron chi connectivity index (χ1n) is 9.00. The number of carbonyl (C=O) groups excluding carboxylic acids is 2. The van der Waals surface area contributed by atoms with Gasteiger partial charge in [0.1, 0.15) is 11.5 Å². The molecule has 1 heterocycles. The van der Waals surface area contributed by atoms with Gasteiger partial charge in [0.25, 0.3) is 0 Å². The number of cyclic esters (lactones) is 1. The Morgan fingerprint density at radius 2 is 1.43 bits per heavy atom. The van der Waals surface area contributed by atoms with Crippen molar-refractivity contribution >= 4 is 11.8 Å². The lowest BCUT2D eigenvalue weighted by Gasteiger charge is -2.49. The number of hydrogen-bond acceptors (Lipinski definition) is 3. The first-order valence-corrected chi connectivity index (χ1v) is 9.00. The fourth-order valence-corrected chi connectivity index (χ4v) is 5.12. The van der Waals surface area contributed by atoms with E-state index >= 15 is 0 Å². The van der Waals surface area contributed by atoms with E-state index < -0.39 is 16.9 Å². The van der Waals surface area contributed by atoms with Crippen LogP contribution in [0.15, 0.2) is 30.3 Å². The van der Waals surface area contributed by atoms with Gasteiger partial charge in [0.2, 0.25) is 0 Å². The van der Waals surface area contributed by atoms with E-state index in [0.717, 1.165) is 50.5 Å². The third kappa shape index (κ3) is 2.09. The fourth-order valence-electron chi connectivity index (χ4n) is 5.12. The molecule has 122 valence electrons. The number of ketones is 1. The van der Waals surface area contributed by atoms with Gasteiger partial charge >= 0.3 is 5.97 Å². The number of esters is 1. The topological polar surface area (TPSA) is 43.4 Å². The van der Waals surface area contributed by atoms with Crippen LogP contribution in [0, 0.1) is 10.8 Å². The maximum Gasteiger partial charge on any atom is 0.320 e. The summed E-state index contributed by atoms with van der Waals surface area (Å²) >= 11 is 0. The summed E-state index contributed by atoms with van der Waals surface area (Å²) in [5.41, 5.74) is -0.345. The third-order valence-corrected chi connectivity index (χ3v) is 6.31. The van der Waals surface area contributed by atoms with E-state index in [1.54, 1.807) is 0 Å². The molecular weight excluding hydrogens is 288 g/mol. The van der Waals surface area contributed by atoms with Crippen molar-refractivity contribution < 1.29 is 14.3 Å². The van der Waals surface area contributed by atoms with Crippen molar-refractivity contribution in [3.05, 3.63) is 35.9 Å². The summed E-state index contributed by atoms with van der Waals surface area (Å²) in [6.45, 7) is 0. The molecule has 1 aromatic carbocycles. The van der Waals surface area contributed by atoms with Crippen LogP contribution in [-0.2, 0) is 14.3 Å². The Labute approximate surface area is 137 Å². The highest BCUT2D eigenvalue weighted by molar-refractivity contribution is 6.09. The maximum atomic E-state index is 13.6. The molecule has 3 fully saturated rings. The highest BCUT2D eigenvalue weighted by Gasteiger charge is 2.64. The lowest BCUT2D eigenvalue weighted by Crippen LogP contribution is -2.57. The predicted molar refractivity (Wildman–Crippen MR) is 86.7 cm³/mol. The summed E-state index contributed by atoms with van der Waals surface area (Å²) in [7, 11) is 0. The molecule has 1 atom stereocenters. The Morgan fingerprint density at radius 3 is 2.09 bits per heavy atom. The molecule has 1 aromatic rings. The van der Waals surface area contributed by atoms with Gasteiger partial charge in [-0.2, -0.15) is 0 Å². The van der Waals surface area contributed by atoms with E-state index in [-0.39, 0.29) is 11.8 Å². The molecule has 2 saturated carbocycles. The average molecular weight is 312 g/mol. The van der Waals surface area contributed by atoms with Gasteiger partial charge in [0.15, 0.2) is 5.78 Å². The smallest absolute Gasteiger partial charge is 0.320 e. The molecule has 4 rings (SSSR count). The minimum Gasteiger partial charge on any atom is -0.456 e. The number of benzene rings is 1. The van der Waals surface area contributed by atoms with Crippen LogP contribution in [0.4, 0.5) is 0 Å². The van der Waals surface area contributed by atoms with Crippen molar-refractivity contribution in [2.24, 2.45) is 10.8 Å². The Hall–Kier alpha value is -1.64. The van der Waals surface area contributed by atoms with Gasteiger partial charge in [-0.05, 0) is 31.2 Å². The van der Waals surface area contributed by atoms with E-state index in [9.17, 15) is 9.59 Å². The Kier molecular flexibility index (Phi) is 3.55. The highest BCUT2D eigenvalue weighted by atomic mass is 16.5. The third-order valence-electron chi connectivity index (χ3n) is 6.31. The summed E-state index contributed by atoms with van der Waals surface area (Å²) in [5.74, 6) is -0.0547. The monoisotopic (exact) mass is 312 g/mol. The zero-order valence-electron chi connectivity index (χ0n) is 13.6. The normalized spacial score (nSPS) is 29.0. The van der Waals surface area contributed by atoms with Crippen molar-refractivity contribution in [2.75, 3.05) is 0 Å². The van der Waals surface area contributed by atoms with Crippen LogP contribution in [-0.4, -0.2) is 11.8 Å². The summed E-state index contributed by atoms with van der Waals surface area (Å²) < 4.78 is 6.01. The van der Waals surface area contributed by atoms with Crippen LogP contribution in [0.5, 0.6) is 0 Å². The minimum atomic E-state index is -0.839. The van der Waals surface area contributed by atoms with Gasteiger partial charge in [0, 0.05) is 0 Å². The Morgan fingerprint density at radius 1 is 0.826 bits per heavy atom. The van der Waals surface area contributed by atoms with Crippen LogP contribution in [0.2, 0.25) is 0 Å². The second-order valence-corrected chi connectivity index (χ2v) is 7.53. The van der Waals surface area contributed by atoms with E-state index in [0.29, 0.717) is 12.8 Å². The first-order chi connectivity index (χ1) is 11.2. The zero-order valence-corrected chi connectivity index (χ0v) is 13.6. The Bertz CT molecular complexity index is 607. The van der Waals surface area contributed by atoms with Gasteiger partial charge in [-0.1, -0.05) is 62.4 Å². The predicted octanol–water partition coefficient (Wildman–Crippen LogP) is 4.36. The summed E-state index contributed by atoms with van der Waals surface area (Å²) in [4.78, 5) is 26.5. The van der Waals surface area contributed by atoms with Crippen LogP contribution >= 0.6 is 0 Å². The molecule has 2 spiro atoms. The van der Waals surface area contributed by atoms with E-state index in [2.05, 4.69) is 0 Å². The first kappa shape index (κ1) is 14.9. The maximum absolute atomic E-state index is 13.6. The Balaban J connectivity index is 1.79. The standard InChI is InChI=1S/C20H24O3/c21-17-19(11-7-8-12-19)16(15-9-3-1-4-10-15)23-18(22)20(17)13-5-2-6-14-20/h1,3-4,9-10,16H,2,5-8,11-14H2/t16-/m0/s1. The molecule has 0 bridgehead atoms. The molecule has 0 N–H and O–H groups in total. The molecule has 3 heteroatoms. The minimum absolute atomic E-state index is 0.201. The number of rotatable bonds is 1. The van der Waals surface area contributed by atoms with E-state index in [4.69, 9.17) is 4.74 Å². The zero-order chi connectivity index (χ0) is 15.9. The summed E-state index contributed by atoms with van der Waals surface area (Å²) in [5, 5.41) is 0. The van der Waals surface area contributed by atoms with Crippen molar-refractivity contribution in [3.8, 4) is 0 Å². The van der Waals surface area contributed by atoms with Gasteiger partial charge in [-0.25, -0.2) is 0 Å². The highest BCUT2D eigenvalue weighted by Crippen LogP contribution is 2.59. The van der Waals surface area contributed by atoms with Crippen LogP contribution in [0.25, 0.3) is 0 Å². The molecule has 23 heavy (non-hydrogen) atoms. The molecule has 3 aliphatic rings. The molecule has 1 aliphatic heterocycles. The molecular formula is C20H24O3. The van der Waals surface area contributed by atoms with Gasteiger partial charge in [0.05, 0.1) is 5.41 Å². The van der Waals surface area contributed by atoms with Crippen LogP contribution in [0.3, 0.4) is 0 Å². The SMILES string of the molecule is O=C1O[C@@H](c2ccccc2)C2(CCCC2)C(=O)C12CCCCC2. The fraction of sp³-hybridized carbons (Fsp3) is 0.600. The second kappa shape index (κ2) is 5.47. The quantitative estimate of drug-likeness (QED) is 0.571. The van der Waals surface area contributed by atoms with E-state index in [1.807, 2.05) is 30.3 Å². The molecule has 1 saturated heterocycles. The van der Waals surface area contributed by atoms with Crippen molar-refractivity contribution in [2.45, 2.75) is 63.9 Å². The number of hydrogen-bond donors (Lipinski definition) is 0. The molecule has 0 aromatic heterocycles. The molecule has 3 nitrogen and oxygen atoms in total. The molecule has 2 aliphatic carbocycles. The van der Waals surface area contributed by atoms with Gasteiger partial charge in [-0.15, -0.1) is 0 Å². The molecule has 0 radical (unpaired) electrons. The van der Waals surface area contributed by atoms with Crippen LogP contribution < -0.4 is 0 Å². The second-order valence-electron chi connectivity index (χ2n) is 7.53. The number of carbonyl (C=O) groups is 2. The summed E-state index contributed by atoms with van der Waals surface area (Å²) in [6, 6.07) is 9.86. The average Bonchev–Trinajstić information content (AvgIpc) is 3.09. The number of ether oxygens (including phenoxy) is 1. The largest absolute Gasteiger partial charge is 0.456 e. The van der Waals surface area contributed by atoms with Crippen molar-refractivity contribution in [3.63, 3.8) is 0 Å². The van der Waals surface area contributed by atoms with Crippen molar-refractivity contribution in [1.82, 2.24) is 0 Å². The lowest BCUT2D eigenvalue weighted by molar-refractivity contribution is -0.194. The van der Waals surface area contributed by atoms with E-state index in [1.165, 1.54) is 0 Å². The molecule has 0 unspecified atom stereocenters. The van der Waals surface area contributed by atoms with Crippen LogP contribution in [0.1, 0.15) is 69.5 Å². The number of Topliss-reactive ketones (excluding diaryl/α,β-unsaturated/α-hetero) is 1. The summed E-state index contributed by atoms with van der Waals surface area (Å²) in [6.07, 6.45) is 7.88. The van der Waals surface area contributed by atoms with Gasteiger partial charge < -0.3 is 4.74 Å². The van der Waals surface area contributed by atoms with Crippen molar-refractivity contribution in [1.29, 1.82) is 0 Å². The lowest BCUT2D eigenvalue weighted by atomic mass is 9.58. The van der Waals surface area contributed by atoms with Gasteiger partial charge in [-0.3, -0.25) is 9.59 Å².